The third kappa shape index (κ3) is 5.93. The largest absolute Gasteiger partial charge is 0.495 e. The van der Waals surface area contributed by atoms with Crippen LogP contribution < -0.4 is 25.0 Å². The van der Waals surface area contributed by atoms with Crippen LogP contribution >= 0.6 is 12.2 Å². The summed E-state index contributed by atoms with van der Waals surface area (Å²) in [6.07, 6.45) is 1.74. The van der Waals surface area contributed by atoms with E-state index in [2.05, 4.69) is 21.7 Å². The number of ether oxygens (including phenoxy) is 2. The quantitative estimate of drug-likeness (QED) is 0.127. The van der Waals surface area contributed by atoms with E-state index in [0.29, 0.717) is 28.0 Å². The molecule has 1 fully saturated rings. The fraction of sp³-hybridized carbons (Fsp3) is 0.303. The van der Waals surface area contributed by atoms with Gasteiger partial charge in [-0.1, -0.05) is 26.8 Å². The molecule has 0 radical (unpaired) electrons. The van der Waals surface area contributed by atoms with Gasteiger partial charge in [-0.2, -0.15) is 0 Å². The minimum atomic E-state index is -0.588. The number of pyridine rings is 1. The van der Waals surface area contributed by atoms with Gasteiger partial charge in [0.1, 0.15) is 11.5 Å². The number of nitro groups is 1. The molecule has 2 N–H and O–H groups in total. The minimum absolute atomic E-state index is 0.0396. The average Bonchev–Trinajstić information content (AvgIpc) is 3.51. The maximum Gasteiger partial charge on any atom is 0.271 e. The Morgan fingerprint density at radius 2 is 1.78 bits per heavy atom. The van der Waals surface area contributed by atoms with E-state index in [0.717, 1.165) is 28.3 Å². The molecule has 2 aromatic heterocycles. The van der Waals surface area contributed by atoms with Gasteiger partial charge in [0.15, 0.2) is 5.11 Å². The summed E-state index contributed by atoms with van der Waals surface area (Å²) in [4.78, 5) is 30.7. The van der Waals surface area contributed by atoms with Crippen LogP contribution in [0.3, 0.4) is 0 Å². The lowest BCUT2D eigenvalue weighted by atomic mass is 9.95. The normalized spacial score (nSPS) is 16.3. The van der Waals surface area contributed by atoms with Gasteiger partial charge in [0.2, 0.25) is 5.91 Å². The van der Waals surface area contributed by atoms with Gasteiger partial charge >= 0.3 is 0 Å². The smallest absolute Gasteiger partial charge is 0.271 e. The third-order valence-electron chi connectivity index (χ3n) is 7.89. The zero-order valence-electron chi connectivity index (χ0n) is 26.2. The van der Waals surface area contributed by atoms with E-state index in [4.69, 9.17) is 21.7 Å². The Kier molecular flexibility index (Phi) is 8.53. The number of benzene rings is 2. The van der Waals surface area contributed by atoms with Crippen molar-refractivity contribution in [2.45, 2.75) is 46.7 Å². The maximum absolute atomic E-state index is 12.8. The Morgan fingerprint density at radius 3 is 2.40 bits per heavy atom. The van der Waals surface area contributed by atoms with Crippen molar-refractivity contribution in [1.82, 2.24) is 14.9 Å². The van der Waals surface area contributed by atoms with Crippen molar-refractivity contribution in [2.75, 3.05) is 24.4 Å². The van der Waals surface area contributed by atoms with Gasteiger partial charge in [-0.3, -0.25) is 19.9 Å². The van der Waals surface area contributed by atoms with Crippen LogP contribution in [0.5, 0.6) is 11.5 Å². The number of methoxy groups -OCH3 is 2. The summed E-state index contributed by atoms with van der Waals surface area (Å²) in [5, 5.41) is 18.6. The highest BCUT2D eigenvalue weighted by molar-refractivity contribution is 7.80. The molecule has 1 saturated heterocycles. The Balaban J connectivity index is 1.66. The Labute approximate surface area is 267 Å². The molecule has 234 valence electrons. The van der Waals surface area contributed by atoms with E-state index < -0.39 is 10.3 Å². The van der Waals surface area contributed by atoms with Crippen molar-refractivity contribution in [2.24, 2.45) is 5.41 Å². The Hall–Kier alpha value is -4.97. The molecule has 45 heavy (non-hydrogen) atoms. The number of aryl methyl sites for hydroxylation is 1. The molecule has 11 nitrogen and oxygen atoms in total. The number of carbonyl (C=O) groups is 1. The van der Waals surface area contributed by atoms with Crippen molar-refractivity contribution in [1.29, 1.82) is 0 Å². The predicted molar refractivity (Wildman–Crippen MR) is 177 cm³/mol. The number of non-ortho nitro benzene ring substituents is 1. The number of nitrogens with zero attached hydrogens (tertiary/aromatic N) is 4. The molecular formula is C33H36N6O5S. The molecule has 2 atom stereocenters. The Bertz CT molecular complexity index is 1780. The first-order valence-corrected chi connectivity index (χ1v) is 14.8. The molecule has 4 aromatic rings. The summed E-state index contributed by atoms with van der Waals surface area (Å²) < 4.78 is 13.3. The number of amides is 1. The summed E-state index contributed by atoms with van der Waals surface area (Å²) in [6.45, 7) is 9.46. The number of nitrogens with one attached hydrogen (secondary N) is 2. The lowest BCUT2D eigenvalue weighted by molar-refractivity contribution is -0.384. The number of carbonyl (C=O) groups excluding carboxylic acids is 1. The second-order valence-electron chi connectivity index (χ2n) is 11.9. The highest BCUT2D eigenvalue weighted by Gasteiger charge is 2.42. The maximum atomic E-state index is 12.8. The minimum Gasteiger partial charge on any atom is -0.495 e. The lowest BCUT2D eigenvalue weighted by Gasteiger charge is -2.29. The number of thiocarbonyl (C=S) groups is 1. The second-order valence-corrected chi connectivity index (χ2v) is 12.2. The molecule has 12 heteroatoms. The number of aromatic nitrogens is 2. The summed E-state index contributed by atoms with van der Waals surface area (Å²) in [7, 11) is 3.10. The van der Waals surface area contributed by atoms with Crippen LogP contribution in [0, 0.1) is 29.4 Å². The first kappa shape index (κ1) is 31.5. The van der Waals surface area contributed by atoms with Crippen LogP contribution in [0.4, 0.5) is 17.1 Å². The van der Waals surface area contributed by atoms with E-state index in [-0.39, 0.29) is 23.7 Å². The molecule has 2 aromatic carbocycles. The molecule has 1 amide bonds. The molecular weight excluding hydrogens is 592 g/mol. The van der Waals surface area contributed by atoms with Crippen LogP contribution in [-0.4, -0.2) is 39.7 Å². The highest BCUT2D eigenvalue weighted by Crippen LogP contribution is 2.45. The fourth-order valence-corrected chi connectivity index (χ4v) is 5.96. The lowest BCUT2D eigenvalue weighted by Crippen LogP contribution is -2.30. The summed E-state index contributed by atoms with van der Waals surface area (Å²) in [6, 6.07) is 17.2. The molecule has 1 aliphatic rings. The van der Waals surface area contributed by atoms with Crippen molar-refractivity contribution >= 4 is 40.3 Å². The molecule has 0 saturated carbocycles. The zero-order chi connectivity index (χ0) is 32.6. The van der Waals surface area contributed by atoms with Gasteiger partial charge in [-0.05, 0) is 68.0 Å². The number of hydrogen-bond acceptors (Lipinski definition) is 7. The topological polar surface area (TPSA) is 124 Å². The fourth-order valence-electron chi connectivity index (χ4n) is 5.62. The van der Waals surface area contributed by atoms with Gasteiger partial charge in [-0.25, -0.2) is 0 Å². The summed E-state index contributed by atoms with van der Waals surface area (Å²) in [5.74, 6) is 0.855. The van der Waals surface area contributed by atoms with Crippen LogP contribution in [0.15, 0.2) is 66.9 Å². The second kappa shape index (κ2) is 12.2. The van der Waals surface area contributed by atoms with Crippen LogP contribution in [0.25, 0.3) is 5.69 Å². The van der Waals surface area contributed by atoms with E-state index >= 15 is 0 Å². The standard InChI is InChI=1S/C33H36N6O5S/c1-19-16-23(20(2)37(19)26-17-22(39(41)42)12-14-27(26)43-6)30-29(25-10-8-9-15-34-25)36-32(45)38(30)21-11-13-24(28(18-21)44-7)35-31(40)33(3,4)5/h8-18,29-30H,1-7H3,(H,35,40)(H,36,45)/t29-,30+/m1/s1. The first-order valence-electron chi connectivity index (χ1n) is 14.4. The van der Waals surface area contributed by atoms with Crippen LogP contribution in [0.2, 0.25) is 0 Å². The van der Waals surface area contributed by atoms with Gasteiger partial charge in [0.05, 0.1) is 48.3 Å². The number of anilines is 2. The van der Waals surface area contributed by atoms with E-state index in [1.54, 1.807) is 26.5 Å². The van der Waals surface area contributed by atoms with Gasteiger partial charge in [0.25, 0.3) is 5.69 Å². The number of rotatable bonds is 8. The summed E-state index contributed by atoms with van der Waals surface area (Å²) in [5.41, 5.74) is 4.68. The van der Waals surface area contributed by atoms with E-state index in [1.165, 1.54) is 12.1 Å². The number of nitro benzene ring substituents is 1. The summed E-state index contributed by atoms with van der Waals surface area (Å²) >= 11 is 5.94. The molecule has 0 aliphatic carbocycles. The van der Waals surface area contributed by atoms with Crippen LogP contribution in [0.1, 0.15) is 55.5 Å². The predicted octanol–water partition coefficient (Wildman–Crippen LogP) is 6.58. The van der Waals surface area contributed by atoms with Crippen LogP contribution in [-0.2, 0) is 4.79 Å². The first-order chi connectivity index (χ1) is 21.3. The molecule has 3 heterocycles. The van der Waals surface area contributed by atoms with Crippen molar-refractivity contribution in [3.63, 3.8) is 0 Å². The highest BCUT2D eigenvalue weighted by atomic mass is 32.1. The third-order valence-corrected chi connectivity index (χ3v) is 8.21. The van der Waals surface area contributed by atoms with E-state index in [9.17, 15) is 14.9 Å². The molecule has 0 unspecified atom stereocenters. The molecule has 0 spiro atoms. The average molecular weight is 629 g/mol. The van der Waals surface area contributed by atoms with Crippen molar-refractivity contribution < 1.29 is 19.2 Å². The monoisotopic (exact) mass is 628 g/mol. The number of hydrogen-bond donors (Lipinski definition) is 2. The van der Waals surface area contributed by atoms with Gasteiger partial charge in [-0.15, -0.1) is 0 Å². The zero-order valence-corrected chi connectivity index (χ0v) is 27.1. The molecule has 5 rings (SSSR count). The SMILES string of the molecule is COc1cc(N2C(=S)N[C@H](c3ccccn3)[C@@H]2c2cc(C)n(-c3cc([N+](=O)[O-])ccc3OC)c2C)ccc1NC(=O)C(C)(C)C. The van der Waals surface area contributed by atoms with Crippen molar-refractivity contribution in [3.8, 4) is 17.2 Å². The molecule has 0 bridgehead atoms. The van der Waals surface area contributed by atoms with Gasteiger partial charge < -0.3 is 29.6 Å². The van der Waals surface area contributed by atoms with E-state index in [1.807, 2.05) is 80.5 Å². The van der Waals surface area contributed by atoms with Crippen molar-refractivity contribution in [3.05, 3.63) is 99.6 Å². The Morgan fingerprint density at radius 1 is 1.04 bits per heavy atom. The van der Waals surface area contributed by atoms with Gasteiger partial charge in [0, 0.05) is 46.9 Å². The molecule has 1 aliphatic heterocycles.